The number of benzene rings is 1. The minimum Gasteiger partial charge on any atom is -0.379 e. The van der Waals surface area contributed by atoms with Crippen LogP contribution in [0.15, 0.2) is 23.0 Å². The Bertz CT molecular complexity index is 596. The van der Waals surface area contributed by atoms with Gasteiger partial charge in [-0.1, -0.05) is 6.07 Å². The minimum atomic E-state index is -0.369. The summed E-state index contributed by atoms with van der Waals surface area (Å²) in [5.41, 5.74) is 0.633. The summed E-state index contributed by atoms with van der Waals surface area (Å²) < 4.78 is 20.6. The highest BCUT2D eigenvalue weighted by molar-refractivity contribution is 5.75. The number of halogens is 1. The van der Waals surface area contributed by atoms with Crippen LogP contribution in [0.5, 0.6) is 0 Å². The van der Waals surface area contributed by atoms with Gasteiger partial charge in [0.05, 0.1) is 18.2 Å². The maximum atomic E-state index is 13.8. The lowest BCUT2D eigenvalue weighted by molar-refractivity contribution is 0.0593. The number of hydrogen-bond donors (Lipinski definition) is 1. The molecule has 3 rings (SSSR count). The minimum absolute atomic E-state index is 0.0677. The van der Waals surface area contributed by atoms with Crippen molar-refractivity contribution in [3.63, 3.8) is 0 Å². The van der Waals surface area contributed by atoms with E-state index >= 15 is 0 Å². The molecule has 0 bridgehead atoms. The lowest BCUT2D eigenvalue weighted by Crippen LogP contribution is -2.29. The number of hydrogen-bond acceptors (Lipinski definition) is 2. The van der Waals surface area contributed by atoms with Gasteiger partial charge in [0, 0.05) is 6.61 Å². The Balaban J connectivity index is 2.20. The maximum Gasteiger partial charge on any atom is 0.326 e. The van der Waals surface area contributed by atoms with E-state index in [-0.39, 0.29) is 17.5 Å². The number of nitrogens with one attached hydrogen (secondary N) is 1. The van der Waals surface area contributed by atoms with Gasteiger partial charge in [-0.05, 0) is 25.0 Å². The molecule has 1 aromatic carbocycles. The third-order valence-corrected chi connectivity index (χ3v) is 3.19. The van der Waals surface area contributed by atoms with Gasteiger partial charge in [-0.3, -0.25) is 4.57 Å². The van der Waals surface area contributed by atoms with Gasteiger partial charge in [0.15, 0.2) is 0 Å². The van der Waals surface area contributed by atoms with Crippen LogP contribution in [0.25, 0.3) is 11.0 Å². The van der Waals surface area contributed by atoms with E-state index in [1.165, 1.54) is 10.6 Å². The standard InChI is InChI=1S/C12H13FN2O2/c13-9-4-1-5-10-11(9)15(12(16)14-10)8-3-2-6-17-7-8/h1,4-5,8H,2-3,6-7H2,(H,14,16). The van der Waals surface area contributed by atoms with E-state index in [0.29, 0.717) is 17.6 Å². The quantitative estimate of drug-likeness (QED) is 0.821. The fraction of sp³-hybridized carbons (Fsp3) is 0.417. The average Bonchev–Trinajstić information content (AvgIpc) is 2.68. The number of rotatable bonds is 1. The van der Waals surface area contributed by atoms with Crippen LogP contribution in [0, 0.1) is 5.82 Å². The predicted molar refractivity (Wildman–Crippen MR) is 61.6 cm³/mol. The largest absolute Gasteiger partial charge is 0.379 e. The summed E-state index contributed by atoms with van der Waals surface area (Å²) in [7, 11) is 0. The first kappa shape index (κ1) is 10.5. The molecule has 1 fully saturated rings. The van der Waals surface area contributed by atoms with E-state index < -0.39 is 0 Å². The molecule has 17 heavy (non-hydrogen) atoms. The van der Waals surface area contributed by atoms with Gasteiger partial charge in [-0.2, -0.15) is 0 Å². The van der Waals surface area contributed by atoms with E-state index in [9.17, 15) is 9.18 Å². The Morgan fingerprint density at radius 3 is 3.12 bits per heavy atom. The molecule has 0 aliphatic carbocycles. The van der Waals surface area contributed by atoms with Crippen LogP contribution < -0.4 is 5.69 Å². The van der Waals surface area contributed by atoms with Crippen LogP contribution in [0.2, 0.25) is 0 Å². The number of aromatic nitrogens is 2. The van der Waals surface area contributed by atoms with E-state index in [2.05, 4.69) is 4.98 Å². The van der Waals surface area contributed by atoms with Gasteiger partial charge in [0.1, 0.15) is 11.3 Å². The Morgan fingerprint density at radius 2 is 2.35 bits per heavy atom. The van der Waals surface area contributed by atoms with Crippen molar-refractivity contribution < 1.29 is 9.13 Å². The van der Waals surface area contributed by atoms with Crippen molar-refractivity contribution in [1.82, 2.24) is 9.55 Å². The number of H-pyrrole nitrogens is 1. The molecule has 1 saturated heterocycles. The molecule has 90 valence electrons. The van der Waals surface area contributed by atoms with Gasteiger partial charge < -0.3 is 9.72 Å². The molecule has 4 nitrogen and oxygen atoms in total. The van der Waals surface area contributed by atoms with Crippen molar-refractivity contribution in [2.45, 2.75) is 18.9 Å². The van der Waals surface area contributed by atoms with Gasteiger partial charge >= 0.3 is 5.69 Å². The van der Waals surface area contributed by atoms with E-state index in [1.54, 1.807) is 12.1 Å². The molecule has 0 radical (unpaired) electrons. The first-order valence-electron chi connectivity index (χ1n) is 5.74. The normalized spacial score (nSPS) is 20.9. The van der Waals surface area contributed by atoms with Gasteiger partial charge in [-0.25, -0.2) is 9.18 Å². The zero-order valence-corrected chi connectivity index (χ0v) is 9.28. The molecule has 1 aliphatic rings. The van der Waals surface area contributed by atoms with E-state index in [0.717, 1.165) is 19.4 Å². The lowest BCUT2D eigenvalue weighted by atomic mass is 10.1. The van der Waals surface area contributed by atoms with E-state index in [4.69, 9.17) is 4.74 Å². The molecule has 2 heterocycles. The zero-order chi connectivity index (χ0) is 11.8. The molecule has 5 heteroatoms. The molecule has 1 atom stereocenters. The fourth-order valence-electron chi connectivity index (χ4n) is 2.41. The number of imidazole rings is 1. The highest BCUT2D eigenvalue weighted by atomic mass is 19.1. The first-order chi connectivity index (χ1) is 8.27. The number of ether oxygens (including phenoxy) is 1. The summed E-state index contributed by atoms with van der Waals surface area (Å²) in [5, 5.41) is 0. The SMILES string of the molecule is O=c1[nH]c2cccc(F)c2n1C1CCCOC1. The van der Waals surface area contributed by atoms with Crippen molar-refractivity contribution in [1.29, 1.82) is 0 Å². The number of para-hydroxylation sites is 1. The molecular formula is C12H13FN2O2. The molecule has 1 unspecified atom stereocenters. The highest BCUT2D eigenvalue weighted by Gasteiger charge is 2.21. The molecule has 2 aromatic rings. The summed E-state index contributed by atoms with van der Waals surface area (Å²) in [6.45, 7) is 1.19. The summed E-state index contributed by atoms with van der Waals surface area (Å²) >= 11 is 0. The number of fused-ring (bicyclic) bond motifs is 1. The molecule has 0 spiro atoms. The smallest absolute Gasteiger partial charge is 0.326 e. The van der Waals surface area contributed by atoms with Crippen LogP contribution in [0.3, 0.4) is 0 Å². The van der Waals surface area contributed by atoms with Crippen molar-refractivity contribution >= 4 is 11.0 Å². The second-order valence-electron chi connectivity index (χ2n) is 4.31. The Morgan fingerprint density at radius 1 is 1.47 bits per heavy atom. The monoisotopic (exact) mass is 236 g/mol. The van der Waals surface area contributed by atoms with Crippen LogP contribution in [0.4, 0.5) is 4.39 Å². The van der Waals surface area contributed by atoms with Crippen LogP contribution in [0.1, 0.15) is 18.9 Å². The van der Waals surface area contributed by atoms with Gasteiger partial charge in [-0.15, -0.1) is 0 Å². The van der Waals surface area contributed by atoms with Crippen molar-refractivity contribution in [2.75, 3.05) is 13.2 Å². The zero-order valence-electron chi connectivity index (χ0n) is 9.28. The predicted octanol–water partition coefficient (Wildman–Crippen LogP) is 1.82. The topological polar surface area (TPSA) is 47.0 Å². The summed E-state index contributed by atoms with van der Waals surface area (Å²) in [4.78, 5) is 14.6. The number of aromatic amines is 1. The van der Waals surface area contributed by atoms with Crippen LogP contribution in [-0.4, -0.2) is 22.8 Å². The Kier molecular flexibility index (Phi) is 2.48. The van der Waals surface area contributed by atoms with Gasteiger partial charge in [0.25, 0.3) is 0 Å². The van der Waals surface area contributed by atoms with Crippen LogP contribution in [-0.2, 0) is 4.74 Å². The van der Waals surface area contributed by atoms with E-state index in [1.807, 2.05) is 0 Å². The van der Waals surface area contributed by atoms with Crippen molar-refractivity contribution in [3.05, 3.63) is 34.5 Å². The molecule has 1 aliphatic heterocycles. The molecule has 0 saturated carbocycles. The first-order valence-corrected chi connectivity index (χ1v) is 5.74. The third kappa shape index (κ3) is 1.67. The molecular weight excluding hydrogens is 223 g/mol. The van der Waals surface area contributed by atoms with Gasteiger partial charge in [0.2, 0.25) is 0 Å². The highest BCUT2D eigenvalue weighted by Crippen LogP contribution is 2.23. The Hall–Kier alpha value is -1.62. The summed E-state index contributed by atoms with van der Waals surface area (Å²) in [6, 6.07) is 4.60. The summed E-state index contributed by atoms with van der Waals surface area (Å²) in [6.07, 6.45) is 1.75. The third-order valence-electron chi connectivity index (χ3n) is 3.19. The lowest BCUT2D eigenvalue weighted by Gasteiger charge is -2.23. The maximum absolute atomic E-state index is 13.8. The van der Waals surface area contributed by atoms with Crippen molar-refractivity contribution in [3.8, 4) is 0 Å². The molecule has 1 N–H and O–H groups in total. The van der Waals surface area contributed by atoms with Crippen molar-refractivity contribution in [2.24, 2.45) is 0 Å². The second-order valence-corrected chi connectivity index (χ2v) is 4.31. The molecule has 0 amide bonds. The number of nitrogens with zero attached hydrogens (tertiary/aromatic N) is 1. The Labute approximate surface area is 97.0 Å². The average molecular weight is 236 g/mol. The summed E-state index contributed by atoms with van der Waals surface area (Å²) in [5.74, 6) is -0.369. The van der Waals surface area contributed by atoms with Crippen LogP contribution >= 0.6 is 0 Å². The second kappa shape index (κ2) is 4.00. The molecule has 1 aromatic heterocycles. The fourth-order valence-corrected chi connectivity index (χ4v) is 2.41.